The number of hydrogen-bond donors (Lipinski definition) is 1. The number of hydrogen-bond acceptors (Lipinski definition) is 4. The van der Waals surface area contributed by atoms with Gasteiger partial charge in [-0.05, 0) is 96.5 Å². The summed E-state index contributed by atoms with van der Waals surface area (Å²) in [5.74, 6) is 0.806. The third-order valence-corrected chi connectivity index (χ3v) is 8.90. The minimum absolute atomic E-state index is 0.0113. The molecule has 2 aliphatic carbocycles. The van der Waals surface area contributed by atoms with Gasteiger partial charge in [0.25, 0.3) is 0 Å². The van der Waals surface area contributed by atoms with Crippen LogP contribution >= 0.6 is 0 Å². The van der Waals surface area contributed by atoms with Crippen molar-refractivity contribution in [1.82, 2.24) is 0 Å². The quantitative estimate of drug-likeness (QED) is 0.237. The first-order chi connectivity index (χ1) is 15.7. The number of allylic oxidation sites excluding steroid dienone is 5. The molecule has 3 unspecified atom stereocenters. The van der Waals surface area contributed by atoms with Crippen molar-refractivity contribution in [3.63, 3.8) is 0 Å². The van der Waals surface area contributed by atoms with E-state index in [1.807, 2.05) is 13.8 Å². The smallest absolute Gasteiger partial charge is 0.164 e. The highest BCUT2D eigenvalue weighted by Gasteiger charge is 2.56. The number of aldehydes is 1. The summed E-state index contributed by atoms with van der Waals surface area (Å²) in [5.41, 5.74) is 3.85. The molecule has 182 valence electrons. The molecule has 4 heteroatoms. The van der Waals surface area contributed by atoms with Gasteiger partial charge in [-0.25, -0.2) is 0 Å². The van der Waals surface area contributed by atoms with Crippen molar-refractivity contribution in [1.29, 1.82) is 0 Å². The molecule has 4 nitrogen and oxygen atoms in total. The van der Waals surface area contributed by atoms with Gasteiger partial charge in [0.05, 0.1) is 11.7 Å². The van der Waals surface area contributed by atoms with Gasteiger partial charge in [0, 0.05) is 17.9 Å². The Hall–Kier alpha value is -1.49. The van der Waals surface area contributed by atoms with Crippen LogP contribution in [0.5, 0.6) is 0 Å². The highest BCUT2D eigenvalue weighted by molar-refractivity contribution is 5.74. The molecule has 4 rings (SSSR count). The van der Waals surface area contributed by atoms with Crippen LogP contribution in [0, 0.1) is 23.2 Å². The molecule has 0 amide bonds. The van der Waals surface area contributed by atoms with E-state index in [-0.39, 0.29) is 23.7 Å². The van der Waals surface area contributed by atoms with Gasteiger partial charge < -0.3 is 14.6 Å². The van der Waals surface area contributed by atoms with Crippen molar-refractivity contribution in [2.24, 2.45) is 23.2 Å². The molecular weight excluding hydrogens is 412 g/mol. The van der Waals surface area contributed by atoms with E-state index in [1.54, 1.807) is 0 Å². The standard InChI is InChI=1S/C29H42O4/c1-19(2)23-12-14-28(5,31)25(23)11-10-20(3)16-22-17-29-13-6-8-24(21(4)18-30)26(29)9-7-15-32-27(29)33-22/h10-11,16,18,22-23,25-27,31H,1,6-9,12-15,17H2,2-5H3/b11-10+,20-16+,24-21-/t22?,23-,25-,26-,27?,28?,29+/m1/s1. The molecule has 0 aromatic heterocycles. The molecule has 0 aromatic carbocycles. The largest absolute Gasteiger partial charge is 0.390 e. The lowest BCUT2D eigenvalue weighted by atomic mass is 9.60. The van der Waals surface area contributed by atoms with Crippen molar-refractivity contribution in [2.45, 2.75) is 97.1 Å². The molecule has 0 radical (unpaired) electrons. The van der Waals surface area contributed by atoms with E-state index in [9.17, 15) is 9.90 Å². The molecule has 2 saturated heterocycles. The lowest BCUT2D eigenvalue weighted by Crippen LogP contribution is -2.42. The summed E-state index contributed by atoms with van der Waals surface area (Å²) in [6.45, 7) is 13.0. The summed E-state index contributed by atoms with van der Waals surface area (Å²) in [4.78, 5) is 11.6. The maximum atomic E-state index is 11.6. The topological polar surface area (TPSA) is 55.8 Å². The normalized spacial score (nSPS) is 43.2. The maximum absolute atomic E-state index is 11.6. The zero-order valence-corrected chi connectivity index (χ0v) is 20.9. The molecule has 2 saturated carbocycles. The van der Waals surface area contributed by atoms with Crippen LogP contribution in [0.4, 0.5) is 0 Å². The van der Waals surface area contributed by atoms with Crippen molar-refractivity contribution in [2.75, 3.05) is 6.61 Å². The number of ether oxygens (including phenoxy) is 2. The predicted octanol–water partition coefficient (Wildman–Crippen LogP) is 6.07. The van der Waals surface area contributed by atoms with E-state index in [0.717, 1.165) is 81.0 Å². The Morgan fingerprint density at radius 3 is 2.70 bits per heavy atom. The molecular formula is C29H42O4. The Balaban J connectivity index is 1.54. The van der Waals surface area contributed by atoms with Crippen molar-refractivity contribution < 1.29 is 19.4 Å². The van der Waals surface area contributed by atoms with E-state index in [1.165, 1.54) is 5.57 Å². The summed E-state index contributed by atoms with van der Waals surface area (Å²) in [6.07, 6.45) is 15.5. The molecule has 2 aliphatic heterocycles. The van der Waals surface area contributed by atoms with Gasteiger partial charge in [-0.3, -0.25) is 4.79 Å². The predicted molar refractivity (Wildman–Crippen MR) is 132 cm³/mol. The van der Waals surface area contributed by atoms with E-state index >= 15 is 0 Å². The van der Waals surface area contributed by atoms with E-state index in [2.05, 4.69) is 38.7 Å². The van der Waals surface area contributed by atoms with Gasteiger partial charge in [-0.2, -0.15) is 0 Å². The van der Waals surface area contributed by atoms with Crippen molar-refractivity contribution in [3.8, 4) is 0 Å². The monoisotopic (exact) mass is 454 g/mol. The van der Waals surface area contributed by atoms with Crippen LogP contribution in [-0.2, 0) is 14.3 Å². The zero-order valence-electron chi connectivity index (χ0n) is 20.9. The summed E-state index contributed by atoms with van der Waals surface area (Å²) in [7, 11) is 0. The van der Waals surface area contributed by atoms with Crippen LogP contribution in [0.3, 0.4) is 0 Å². The van der Waals surface area contributed by atoms with Crippen LogP contribution in [0.15, 0.2) is 47.1 Å². The van der Waals surface area contributed by atoms with Crippen LogP contribution in [0.1, 0.15) is 79.1 Å². The fourth-order valence-electron chi connectivity index (χ4n) is 7.16. The first-order valence-corrected chi connectivity index (χ1v) is 12.8. The fraction of sp³-hybridized carbons (Fsp3) is 0.690. The van der Waals surface area contributed by atoms with Crippen LogP contribution < -0.4 is 0 Å². The average Bonchev–Trinajstić information content (AvgIpc) is 3.19. The molecule has 4 aliphatic rings. The highest BCUT2D eigenvalue weighted by Crippen LogP contribution is 2.58. The average molecular weight is 455 g/mol. The van der Waals surface area contributed by atoms with Crippen molar-refractivity contribution >= 4 is 6.29 Å². The second-order valence-electron chi connectivity index (χ2n) is 11.3. The van der Waals surface area contributed by atoms with Gasteiger partial charge in [0.2, 0.25) is 0 Å². The maximum Gasteiger partial charge on any atom is 0.164 e. The minimum Gasteiger partial charge on any atom is -0.390 e. The molecule has 1 N–H and O–H groups in total. The first kappa shape index (κ1) is 24.6. The van der Waals surface area contributed by atoms with Crippen LogP contribution in [0.2, 0.25) is 0 Å². The van der Waals surface area contributed by atoms with Gasteiger partial charge in [0.15, 0.2) is 6.29 Å². The molecule has 2 heterocycles. The first-order valence-electron chi connectivity index (χ1n) is 12.8. The Kier molecular flexibility index (Phi) is 7.19. The van der Waals surface area contributed by atoms with Gasteiger partial charge in [0.1, 0.15) is 6.29 Å². The lowest BCUT2D eigenvalue weighted by molar-refractivity contribution is -0.173. The second kappa shape index (κ2) is 9.64. The summed E-state index contributed by atoms with van der Waals surface area (Å²) >= 11 is 0. The Morgan fingerprint density at radius 1 is 1.18 bits per heavy atom. The molecule has 33 heavy (non-hydrogen) atoms. The van der Waals surface area contributed by atoms with E-state index < -0.39 is 5.60 Å². The third kappa shape index (κ3) is 4.72. The third-order valence-electron chi connectivity index (χ3n) is 8.90. The molecule has 7 atom stereocenters. The van der Waals surface area contributed by atoms with Crippen LogP contribution in [-0.4, -0.2) is 36.0 Å². The number of aliphatic hydroxyl groups is 1. The van der Waals surface area contributed by atoms with Gasteiger partial charge >= 0.3 is 0 Å². The van der Waals surface area contributed by atoms with Crippen molar-refractivity contribution in [3.05, 3.63) is 47.1 Å². The summed E-state index contributed by atoms with van der Waals surface area (Å²) < 4.78 is 12.7. The summed E-state index contributed by atoms with van der Waals surface area (Å²) in [5, 5.41) is 10.9. The Labute approximate surface area is 199 Å². The molecule has 0 aromatic rings. The van der Waals surface area contributed by atoms with Gasteiger partial charge in [-0.1, -0.05) is 41.5 Å². The summed E-state index contributed by atoms with van der Waals surface area (Å²) in [6, 6.07) is 0. The molecule has 0 bridgehead atoms. The Bertz CT molecular complexity index is 863. The Morgan fingerprint density at radius 2 is 1.97 bits per heavy atom. The number of carbonyl (C=O) groups excluding carboxylic acids is 1. The van der Waals surface area contributed by atoms with E-state index in [0.29, 0.717) is 11.8 Å². The lowest BCUT2D eigenvalue weighted by Gasteiger charge is -2.44. The van der Waals surface area contributed by atoms with Crippen LogP contribution in [0.25, 0.3) is 0 Å². The zero-order chi connectivity index (χ0) is 23.8. The minimum atomic E-state index is -0.682. The number of carbonyl (C=O) groups is 1. The number of rotatable bonds is 5. The van der Waals surface area contributed by atoms with Gasteiger partial charge in [-0.15, -0.1) is 0 Å². The molecule has 4 fully saturated rings. The highest BCUT2D eigenvalue weighted by atomic mass is 16.7. The van der Waals surface area contributed by atoms with E-state index in [4.69, 9.17) is 9.47 Å². The fourth-order valence-corrected chi connectivity index (χ4v) is 7.16. The second-order valence-corrected chi connectivity index (χ2v) is 11.3. The molecule has 1 spiro atoms. The SMILES string of the molecule is C=C(C)[C@H]1CCC(C)(O)[C@@H]1/C=C/C(C)=C/C1C[C@@]23CCC/C(=C(\C)C=O)[C@H]2CCCOC3O1.